The molecule has 0 aromatic carbocycles. The van der Waals surface area contributed by atoms with Crippen LogP contribution in [-0.2, 0) is 16.6 Å². The van der Waals surface area contributed by atoms with Gasteiger partial charge in [-0.3, -0.25) is 9.48 Å². The number of nitrogens with zero attached hydrogens (tertiary/aromatic N) is 2. The summed E-state index contributed by atoms with van der Waals surface area (Å²) in [6, 6.07) is 0.190. The van der Waals surface area contributed by atoms with Gasteiger partial charge in [-0.2, -0.15) is 5.10 Å². The number of carbonyl (C=O) groups is 1. The highest BCUT2D eigenvalue weighted by molar-refractivity contribution is 5.76. The zero-order valence-corrected chi connectivity index (χ0v) is 13.1. The summed E-state index contributed by atoms with van der Waals surface area (Å²) in [4.78, 5) is 11.6. The molecule has 0 fully saturated rings. The second-order valence-corrected chi connectivity index (χ2v) is 4.98. The molecule has 6 heteroatoms. The first-order chi connectivity index (χ1) is 9.47. The molecule has 0 aliphatic heterocycles. The Labute approximate surface area is 120 Å². The average Bonchev–Trinajstić information content (AvgIpc) is 2.63. The van der Waals surface area contributed by atoms with Gasteiger partial charge in [0.2, 0.25) is 5.91 Å². The predicted molar refractivity (Wildman–Crippen MR) is 78.6 cm³/mol. The first-order valence-corrected chi connectivity index (χ1v) is 6.96. The fourth-order valence-electron chi connectivity index (χ4n) is 2.30. The molecule has 114 valence electrons. The summed E-state index contributed by atoms with van der Waals surface area (Å²) >= 11 is 0. The lowest BCUT2D eigenvalue weighted by Crippen LogP contribution is -2.31. The molecule has 6 nitrogen and oxygen atoms in total. The van der Waals surface area contributed by atoms with Crippen LogP contribution in [0.3, 0.4) is 0 Å². The maximum Gasteiger partial charge on any atom is 0.221 e. The zero-order valence-electron chi connectivity index (χ0n) is 13.1. The number of hydrogen-bond donors (Lipinski definition) is 2. The molecule has 1 heterocycles. The smallest absolute Gasteiger partial charge is 0.221 e. The van der Waals surface area contributed by atoms with E-state index < -0.39 is 0 Å². The molecule has 0 aliphatic carbocycles. The molecule has 0 aliphatic rings. The summed E-state index contributed by atoms with van der Waals surface area (Å²) in [5.74, 6) is 0.0429. The normalized spacial score (nSPS) is 12.4. The first-order valence-electron chi connectivity index (χ1n) is 6.96. The van der Waals surface area contributed by atoms with Crippen LogP contribution in [0.25, 0.3) is 0 Å². The number of nitrogens with one attached hydrogen (secondary N) is 2. The van der Waals surface area contributed by atoms with E-state index in [1.54, 1.807) is 7.11 Å². The number of methoxy groups -OCH3 is 1. The van der Waals surface area contributed by atoms with Crippen LogP contribution in [0.4, 0.5) is 0 Å². The van der Waals surface area contributed by atoms with Crippen molar-refractivity contribution in [2.75, 3.05) is 26.8 Å². The Morgan fingerprint density at radius 3 is 2.65 bits per heavy atom. The molecule has 20 heavy (non-hydrogen) atoms. The van der Waals surface area contributed by atoms with Gasteiger partial charge in [0.15, 0.2) is 0 Å². The Morgan fingerprint density at radius 1 is 1.40 bits per heavy atom. The van der Waals surface area contributed by atoms with Crippen molar-refractivity contribution in [2.24, 2.45) is 7.05 Å². The van der Waals surface area contributed by atoms with E-state index >= 15 is 0 Å². The van der Waals surface area contributed by atoms with Gasteiger partial charge in [-0.25, -0.2) is 0 Å². The van der Waals surface area contributed by atoms with Gasteiger partial charge in [-0.1, -0.05) is 0 Å². The molecule has 1 atom stereocenters. The summed E-state index contributed by atoms with van der Waals surface area (Å²) < 4.78 is 6.77. The Kier molecular flexibility index (Phi) is 6.67. The number of amides is 1. The fourth-order valence-corrected chi connectivity index (χ4v) is 2.30. The Balaban J connectivity index is 2.36. The van der Waals surface area contributed by atoms with Gasteiger partial charge in [-0.05, 0) is 20.8 Å². The van der Waals surface area contributed by atoms with E-state index in [-0.39, 0.29) is 11.9 Å². The molecule has 1 unspecified atom stereocenters. The lowest BCUT2D eigenvalue weighted by Gasteiger charge is -2.14. The first kappa shape index (κ1) is 16.7. The van der Waals surface area contributed by atoms with Gasteiger partial charge in [0, 0.05) is 51.0 Å². The third kappa shape index (κ3) is 4.61. The lowest BCUT2D eigenvalue weighted by molar-refractivity contribution is -0.121. The van der Waals surface area contributed by atoms with Gasteiger partial charge in [0.1, 0.15) is 0 Å². The summed E-state index contributed by atoms with van der Waals surface area (Å²) in [7, 11) is 3.57. The summed E-state index contributed by atoms with van der Waals surface area (Å²) in [6.07, 6.45) is 0.465. The highest BCUT2D eigenvalue weighted by Gasteiger charge is 2.15. The summed E-state index contributed by atoms with van der Waals surface area (Å²) in [5.41, 5.74) is 3.41. The standard InChI is InChI=1S/C14H26N4O2/c1-10(14-11(2)17-18(4)12(14)3)15-7-6-13(19)16-8-9-20-5/h10,15H,6-9H2,1-5H3,(H,16,19). The van der Waals surface area contributed by atoms with E-state index in [0.717, 1.165) is 11.4 Å². The Hall–Kier alpha value is -1.40. The molecule has 0 spiro atoms. The van der Waals surface area contributed by atoms with Crippen LogP contribution in [-0.4, -0.2) is 42.5 Å². The average molecular weight is 282 g/mol. The monoisotopic (exact) mass is 282 g/mol. The van der Waals surface area contributed by atoms with Crippen LogP contribution in [0.15, 0.2) is 0 Å². The lowest BCUT2D eigenvalue weighted by atomic mass is 10.1. The number of ether oxygens (including phenoxy) is 1. The minimum absolute atomic E-state index is 0.0429. The second kappa shape index (κ2) is 8.01. The molecular weight excluding hydrogens is 256 g/mol. The molecule has 1 aromatic heterocycles. The maximum absolute atomic E-state index is 11.6. The van der Waals surface area contributed by atoms with E-state index in [2.05, 4.69) is 29.6 Å². The van der Waals surface area contributed by atoms with E-state index in [1.807, 2.05) is 18.7 Å². The van der Waals surface area contributed by atoms with Crippen LogP contribution in [0.5, 0.6) is 0 Å². The molecule has 1 rings (SSSR count). The number of carbonyl (C=O) groups excluding carboxylic acids is 1. The molecule has 2 N–H and O–H groups in total. The van der Waals surface area contributed by atoms with Crippen LogP contribution in [0.2, 0.25) is 0 Å². The van der Waals surface area contributed by atoms with Crippen LogP contribution < -0.4 is 10.6 Å². The molecule has 0 saturated heterocycles. The minimum atomic E-state index is 0.0429. The minimum Gasteiger partial charge on any atom is -0.383 e. The third-order valence-electron chi connectivity index (χ3n) is 3.43. The number of aryl methyl sites for hydroxylation is 2. The van der Waals surface area contributed by atoms with Crippen molar-refractivity contribution in [3.05, 3.63) is 17.0 Å². The summed E-state index contributed by atoms with van der Waals surface area (Å²) in [5, 5.41) is 10.6. The van der Waals surface area contributed by atoms with E-state index in [1.165, 1.54) is 5.56 Å². The van der Waals surface area contributed by atoms with Crippen molar-refractivity contribution in [1.82, 2.24) is 20.4 Å². The van der Waals surface area contributed by atoms with Crippen molar-refractivity contribution in [3.63, 3.8) is 0 Å². The predicted octanol–water partition coefficient (Wildman–Crippen LogP) is 0.840. The van der Waals surface area contributed by atoms with Gasteiger partial charge < -0.3 is 15.4 Å². The van der Waals surface area contributed by atoms with Crippen molar-refractivity contribution in [1.29, 1.82) is 0 Å². The molecule has 0 bridgehead atoms. The molecular formula is C14H26N4O2. The van der Waals surface area contributed by atoms with Gasteiger partial charge >= 0.3 is 0 Å². The van der Waals surface area contributed by atoms with Crippen molar-refractivity contribution < 1.29 is 9.53 Å². The fraction of sp³-hybridized carbons (Fsp3) is 0.714. The Morgan fingerprint density at radius 2 is 2.10 bits per heavy atom. The molecule has 1 amide bonds. The highest BCUT2D eigenvalue weighted by Crippen LogP contribution is 2.20. The van der Waals surface area contributed by atoms with Crippen molar-refractivity contribution >= 4 is 5.91 Å². The van der Waals surface area contributed by atoms with Crippen molar-refractivity contribution in [2.45, 2.75) is 33.2 Å². The van der Waals surface area contributed by atoms with E-state index in [0.29, 0.717) is 26.1 Å². The van der Waals surface area contributed by atoms with Crippen LogP contribution >= 0.6 is 0 Å². The topological polar surface area (TPSA) is 68.2 Å². The Bertz CT molecular complexity index is 443. The van der Waals surface area contributed by atoms with E-state index in [9.17, 15) is 4.79 Å². The SMILES string of the molecule is COCCNC(=O)CCNC(C)c1c(C)nn(C)c1C. The maximum atomic E-state index is 11.6. The van der Waals surface area contributed by atoms with Crippen LogP contribution in [0, 0.1) is 13.8 Å². The summed E-state index contributed by atoms with van der Waals surface area (Å²) in [6.45, 7) is 7.92. The number of rotatable bonds is 8. The number of aromatic nitrogens is 2. The van der Waals surface area contributed by atoms with E-state index in [4.69, 9.17) is 4.74 Å². The van der Waals surface area contributed by atoms with Crippen LogP contribution in [0.1, 0.15) is 36.3 Å². The van der Waals surface area contributed by atoms with Crippen molar-refractivity contribution in [3.8, 4) is 0 Å². The quantitative estimate of drug-likeness (QED) is 0.693. The molecule has 0 radical (unpaired) electrons. The largest absolute Gasteiger partial charge is 0.383 e. The molecule has 0 saturated carbocycles. The van der Waals surface area contributed by atoms with Gasteiger partial charge in [0.05, 0.1) is 12.3 Å². The molecule has 1 aromatic rings. The van der Waals surface area contributed by atoms with Gasteiger partial charge in [0.25, 0.3) is 0 Å². The van der Waals surface area contributed by atoms with Gasteiger partial charge in [-0.15, -0.1) is 0 Å². The number of hydrogen-bond acceptors (Lipinski definition) is 4. The zero-order chi connectivity index (χ0) is 15.1. The second-order valence-electron chi connectivity index (χ2n) is 4.98. The third-order valence-corrected chi connectivity index (χ3v) is 3.43. The highest BCUT2D eigenvalue weighted by atomic mass is 16.5.